The number of aryl methyl sites for hydroxylation is 1. The van der Waals surface area contributed by atoms with Crippen molar-refractivity contribution in [1.82, 2.24) is 10.3 Å². The summed E-state index contributed by atoms with van der Waals surface area (Å²) in [6.45, 7) is 0.981. The Labute approximate surface area is 144 Å². The van der Waals surface area contributed by atoms with Gasteiger partial charge >= 0.3 is 5.97 Å². The lowest BCUT2D eigenvalue weighted by Crippen LogP contribution is -2.34. The molecule has 1 aromatic carbocycles. The number of fused-ring (bicyclic) bond motifs is 1. The number of hydrogen-bond donors (Lipinski definition) is 3. The van der Waals surface area contributed by atoms with Gasteiger partial charge in [0.05, 0.1) is 27.0 Å². The molecule has 0 unspecified atom stereocenters. The number of pyridine rings is 1. The first-order chi connectivity index (χ1) is 11.3. The number of rotatable bonds is 6. The van der Waals surface area contributed by atoms with E-state index < -0.39 is 23.3 Å². The van der Waals surface area contributed by atoms with E-state index in [1.807, 2.05) is 0 Å². The summed E-state index contributed by atoms with van der Waals surface area (Å²) < 4.78 is 0.505. The number of nitrogens with zero attached hydrogens (tertiary/aromatic N) is 2. The maximum absolute atomic E-state index is 11.6. The first-order valence-corrected chi connectivity index (χ1v) is 7.56. The standard InChI is InChI=1S/C14H13BrN4O5/c1-7-13(15)12-8(3-2-4-9(12)19(23)24)14(18-7)17-5-10(20)16-6-11(21)22/h2-4H,5-6H2,1H3,(H,16,20)(H,17,18)(H,21,22). The number of carboxylic acid groups (broad SMARTS) is 1. The molecule has 0 fully saturated rings. The molecule has 1 amide bonds. The number of hydrogen-bond acceptors (Lipinski definition) is 6. The molecule has 0 bridgehead atoms. The van der Waals surface area contributed by atoms with E-state index in [9.17, 15) is 19.7 Å². The van der Waals surface area contributed by atoms with E-state index in [0.29, 0.717) is 26.8 Å². The van der Waals surface area contributed by atoms with E-state index in [1.54, 1.807) is 13.0 Å². The van der Waals surface area contributed by atoms with E-state index in [-0.39, 0.29) is 12.2 Å². The SMILES string of the molecule is Cc1nc(NCC(=O)NCC(=O)O)c2cccc([N+](=O)[O-])c2c1Br. The van der Waals surface area contributed by atoms with Gasteiger partial charge in [-0.05, 0) is 22.9 Å². The molecule has 0 aliphatic rings. The van der Waals surface area contributed by atoms with Gasteiger partial charge in [0, 0.05) is 11.5 Å². The number of carbonyl (C=O) groups excluding carboxylic acids is 1. The third-order valence-electron chi connectivity index (χ3n) is 3.16. The van der Waals surface area contributed by atoms with Crippen LogP contribution in [0.2, 0.25) is 0 Å². The number of nitro groups is 1. The highest BCUT2D eigenvalue weighted by Gasteiger charge is 2.19. The quantitative estimate of drug-likeness (QED) is 0.500. The van der Waals surface area contributed by atoms with Crippen LogP contribution in [0, 0.1) is 17.0 Å². The first-order valence-electron chi connectivity index (χ1n) is 6.77. The predicted molar refractivity (Wildman–Crippen MR) is 90.0 cm³/mol. The molecule has 24 heavy (non-hydrogen) atoms. The molecule has 0 aliphatic heterocycles. The number of aromatic nitrogens is 1. The molecule has 10 heteroatoms. The second-order valence-corrected chi connectivity index (χ2v) is 5.63. The van der Waals surface area contributed by atoms with Crippen LogP contribution < -0.4 is 10.6 Å². The van der Waals surface area contributed by atoms with Gasteiger partial charge in [0.15, 0.2) is 0 Å². The van der Waals surface area contributed by atoms with Gasteiger partial charge in [-0.15, -0.1) is 0 Å². The lowest BCUT2D eigenvalue weighted by Gasteiger charge is -2.12. The van der Waals surface area contributed by atoms with Gasteiger partial charge in [0.2, 0.25) is 5.91 Å². The molecule has 1 heterocycles. The third kappa shape index (κ3) is 3.77. The molecule has 3 N–H and O–H groups in total. The minimum absolute atomic E-state index is 0.0803. The summed E-state index contributed by atoms with van der Waals surface area (Å²) >= 11 is 3.32. The van der Waals surface area contributed by atoms with Gasteiger partial charge in [-0.2, -0.15) is 0 Å². The zero-order valence-electron chi connectivity index (χ0n) is 12.5. The Morgan fingerprint density at radius 3 is 2.71 bits per heavy atom. The summed E-state index contributed by atoms with van der Waals surface area (Å²) in [5.74, 6) is -1.37. The second-order valence-electron chi connectivity index (χ2n) is 4.84. The fourth-order valence-electron chi connectivity index (χ4n) is 2.11. The molecule has 0 saturated carbocycles. The van der Waals surface area contributed by atoms with Crippen molar-refractivity contribution in [1.29, 1.82) is 0 Å². The molecule has 0 saturated heterocycles. The minimum Gasteiger partial charge on any atom is -0.480 e. The van der Waals surface area contributed by atoms with E-state index in [2.05, 4.69) is 31.5 Å². The van der Waals surface area contributed by atoms with Crippen LogP contribution in [0.4, 0.5) is 11.5 Å². The lowest BCUT2D eigenvalue weighted by molar-refractivity contribution is -0.383. The Bertz CT molecular complexity index is 840. The van der Waals surface area contributed by atoms with Gasteiger partial charge in [-0.1, -0.05) is 12.1 Å². The van der Waals surface area contributed by atoms with E-state index in [4.69, 9.17) is 5.11 Å². The van der Waals surface area contributed by atoms with Crippen molar-refractivity contribution in [2.45, 2.75) is 6.92 Å². The zero-order chi connectivity index (χ0) is 17.9. The molecule has 0 aliphatic carbocycles. The Hall–Kier alpha value is -2.75. The maximum atomic E-state index is 11.6. The smallest absolute Gasteiger partial charge is 0.322 e. The number of halogens is 1. The molecular weight excluding hydrogens is 384 g/mol. The van der Waals surface area contributed by atoms with Gasteiger partial charge in [0.25, 0.3) is 5.69 Å². The van der Waals surface area contributed by atoms with Crippen molar-refractivity contribution in [2.24, 2.45) is 0 Å². The van der Waals surface area contributed by atoms with Crippen molar-refractivity contribution in [2.75, 3.05) is 18.4 Å². The normalized spacial score (nSPS) is 10.4. The molecule has 9 nitrogen and oxygen atoms in total. The number of anilines is 1. The monoisotopic (exact) mass is 396 g/mol. The Kier molecular flexibility index (Phi) is 5.29. The van der Waals surface area contributed by atoms with Crippen molar-refractivity contribution in [3.63, 3.8) is 0 Å². The van der Waals surface area contributed by atoms with Gasteiger partial charge in [-0.3, -0.25) is 19.7 Å². The number of nitrogens with one attached hydrogen (secondary N) is 2. The number of amides is 1. The highest BCUT2D eigenvalue weighted by Crippen LogP contribution is 2.36. The number of carboxylic acids is 1. The average Bonchev–Trinajstić information content (AvgIpc) is 2.54. The summed E-state index contributed by atoms with van der Waals surface area (Å²) in [6.07, 6.45) is 0. The molecule has 0 spiro atoms. The summed E-state index contributed by atoms with van der Waals surface area (Å²) in [5, 5.41) is 25.6. The zero-order valence-corrected chi connectivity index (χ0v) is 14.1. The fraction of sp³-hybridized carbons (Fsp3) is 0.214. The van der Waals surface area contributed by atoms with E-state index >= 15 is 0 Å². The van der Waals surface area contributed by atoms with Gasteiger partial charge in [0.1, 0.15) is 12.4 Å². The predicted octanol–water partition coefficient (Wildman–Crippen LogP) is 1.83. The molecular formula is C14H13BrN4O5. The van der Waals surface area contributed by atoms with Crippen molar-refractivity contribution >= 4 is 50.1 Å². The van der Waals surface area contributed by atoms with Crippen molar-refractivity contribution in [3.05, 3.63) is 38.5 Å². The summed E-state index contributed by atoms with van der Waals surface area (Å²) in [4.78, 5) is 37.1. The molecule has 2 rings (SSSR count). The highest BCUT2D eigenvalue weighted by molar-refractivity contribution is 9.10. The second kappa shape index (κ2) is 7.21. The molecule has 2 aromatic rings. The van der Waals surface area contributed by atoms with Crippen LogP contribution >= 0.6 is 15.9 Å². The number of carbonyl (C=O) groups is 2. The van der Waals surface area contributed by atoms with Crippen LogP contribution in [-0.2, 0) is 9.59 Å². The number of nitro benzene ring substituents is 1. The molecule has 0 atom stereocenters. The number of non-ortho nitro benzene ring substituents is 1. The summed E-state index contributed by atoms with van der Waals surface area (Å²) in [7, 11) is 0. The molecule has 0 radical (unpaired) electrons. The number of benzene rings is 1. The van der Waals surface area contributed by atoms with Crippen LogP contribution in [0.3, 0.4) is 0 Å². The summed E-state index contributed by atoms with van der Waals surface area (Å²) in [5.41, 5.74) is 0.438. The largest absolute Gasteiger partial charge is 0.480 e. The highest BCUT2D eigenvalue weighted by atomic mass is 79.9. The summed E-state index contributed by atoms with van der Waals surface area (Å²) in [6, 6.07) is 4.56. The van der Waals surface area contributed by atoms with Gasteiger partial charge < -0.3 is 15.7 Å². The lowest BCUT2D eigenvalue weighted by atomic mass is 10.1. The van der Waals surface area contributed by atoms with Crippen molar-refractivity contribution in [3.8, 4) is 0 Å². The van der Waals surface area contributed by atoms with Crippen LogP contribution in [-0.4, -0.2) is 40.0 Å². The first kappa shape index (κ1) is 17.6. The van der Waals surface area contributed by atoms with Crippen LogP contribution in [0.1, 0.15) is 5.69 Å². The maximum Gasteiger partial charge on any atom is 0.322 e. The topological polar surface area (TPSA) is 134 Å². The minimum atomic E-state index is -1.15. The molecule has 126 valence electrons. The third-order valence-corrected chi connectivity index (χ3v) is 4.13. The van der Waals surface area contributed by atoms with Crippen LogP contribution in [0.25, 0.3) is 10.8 Å². The van der Waals surface area contributed by atoms with E-state index in [1.165, 1.54) is 12.1 Å². The van der Waals surface area contributed by atoms with Gasteiger partial charge in [-0.25, -0.2) is 4.98 Å². The Morgan fingerprint density at radius 2 is 2.08 bits per heavy atom. The molecule has 1 aromatic heterocycles. The van der Waals surface area contributed by atoms with Crippen LogP contribution in [0.15, 0.2) is 22.7 Å². The number of aliphatic carboxylic acids is 1. The van der Waals surface area contributed by atoms with E-state index in [0.717, 1.165) is 0 Å². The Morgan fingerprint density at radius 1 is 1.38 bits per heavy atom. The van der Waals surface area contributed by atoms with Crippen molar-refractivity contribution < 1.29 is 19.6 Å². The fourth-order valence-corrected chi connectivity index (χ4v) is 2.62. The Balaban J connectivity index is 2.36. The average molecular weight is 397 g/mol. The van der Waals surface area contributed by atoms with Crippen LogP contribution in [0.5, 0.6) is 0 Å².